The number of nitro groups is 1. The summed E-state index contributed by atoms with van der Waals surface area (Å²) < 4.78 is 31.7. The van der Waals surface area contributed by atoms with Gasteiger partial charge in [0.25, 0.3) is 5.69 Å². The highest BCUT2D eigenvalue weighted by atomic mass is 32.2. The lowest BCUT2D eigenvalue weighted by atomic mass is 10.1. The zero-order valence-electron chi connectivity index (χ0n) is 13.4. The molecule has 1 atom stereocenters. The number of non-ortho nitro benzene ring substituents is 1. The van der Waals surface area contributed by atoms with Gasteiger partial charge in [0.05, 0.1) is 18.1 Å². The Morgan fingerprint density at radius 3 is 2.36 bits per heavy atom. The first kappa shape index (κ1) is 18.4. The Morgan fingerprint density at radius 1 is 1.32 bits per heavy atom. The molecule has 0 aliphatic carbocycles. The number of nitrogens with zero attached hydrogens (tertiary/aromatic N) is 2. The summed E-state index contributed by atoms with van der Waals surface area (Å²) in [5.41, 5.74) is -0.214. The van der Waals surface area contributed by atoms with Crippen molar-refractivity contribution in [3.05, 3.63) is 28.3 Å². The molecule has 1 aromatic carbocycles. The van der Waals surface area contributed by atoms with Crippen molar-refractivity contribution in [2.24, 2.45) is 5.92 Å². The highest BCUT2D eigenvalue weighted by Crippen LogP contribution is 2.31. The van der Waals surface area contributed by atoms with E-state index in [2.05, 4.69) is 0 Å². The van der Waals surface area contributed by atoms with Gasteiger partial charge in [-0.05, 0) is 25.3 Å². The van der Waals surface area contributed by atoms with Crippen LogP contribution in [0.2, 0.25) is 0 Å². The van der Waals surface area contributed by atoms with Gasteiger partial charge in [0, 0.05) is 19.2 Å². The fraction of sp³-hybridized carbons (Fsp3) is 0.571. The Hall–Kier alpha value is -1.67. The van der Waals surface area contributed by atoms with Gasteiger partial charge in [0.1, 0.15) is 10.6 Å². The summed E-state index contributed by atoms with van der Waals surface area (Å²) >= 11 is 0. The van der Waals surface area contributed by atoms with Crippen molar-refractivity contribution in [3.8, 4) is 5.75 Å². The van der Waals surface area contributed by atoms with Crippen molar-refractivity contribution in [1.82, 2.24) is 4.31 Å². The van der Waals surface area contributed by atoms with E-state index in [1.54, 1.807) is 0 Å². The van der Waals surface area contributed by atoms with Crippen molar-refractivity contribution in [2.45, 2.75) is 38.1 Å². The molecular formula is C14H22N2O5S. The summed E-state index contributed by atoms with van der Waals surface area (Å²) in [4.78, 5) is 10.1. The van der Waals surface area contributed by atoms with E-state index in [4.69, 9.17) is 4.74 Å². The van der Waals surface area contributed by atoms with E-state index in [0.717, 1.165) is 12.1 Å². The molecule has 0 saturated heterocycles. The smallest absolute Gasteiger partial charge is 0.273 e. The topological polar surface area (TPSA) is 89.7 Å². The predicted molar refractivity (Wildman–Crippen MR) is 83.5 cm³/mol. The first-order valence-corrected chi connectivity index (χ1v) is 8.35. The van der Waals surface area contributed by atoms with Gasteiger partial charge < -0.3 is 4.74 Å². The standard InChI is InChI=1S/C14H22N2O5S/c1-10(2)8-11(3)15(4)22(19,20)14-7-6-12(16(17)18)9-13(14)21-5/h6-7,9-11H,8H2,1-5H3. The van der Waals surface area contributed by atoms with Crippen LogP contribution in [0.15, 0.2) is 23.1 Å². The third kappa shape index (κ3) is 3.95. The van der Waals surface area contributed by atoms with Gasteiger partial charge in [-0.1, -0.05) is 13.8 Å². The lowest BCUT2D eigenvalue weighted by Gasteiger charge is -2.26. The van der Waals surface area contributed by atoms with E-state index in [1.165, 1.54) is 24.5 Å². The van der Waals surface area contributed by atoms with Crippen molar-refractivity contribution in [2.75, 3.05) is 14.2 Å². The van der Waals surface area contributed by atoms with E-state index in [0.29, 0.717) is 12.3 Å². The van der Waals surface area contributed by atoms with Gasteiger partial charge in [-0.25, -0.2) is 8.42 Å². The maximum Gasteiger partial charge on any atom is 0.273 e. The van der Waals surface area contributed by atoms with Crippen LogP contribution in [-0.4, -0.2) is 37.8 Å². The molecule has 1 rings (SSSR count). The van der Waals surface area contributed by atoms with Gasteiger partial charge >= 0.3 is 0 Å². The Kier molecular flexibility index (Phi) is 5.90. The van der Waals surface area contributed by atoms with E-state index in [1.807, 2.05) is 20.8 Å². The van der Waals surface area contributed by atoms with E-state index in [9.17, 15) is 18.5 Å². The summed E-state index contributed by atoms with van der Waals surface area (Å²) in [5, 5.41) is 10.8. The number of benzene rings is 1. The number of ether oxygens (including phenoxy) is 1. The molecule has 8 heteroatoms. The second-order valence-electron chi connectivity index (χ2n) is 5.59. The molecule has 0 N–H and O–H groups in total. The summed E-state index contributed by atoms with van der Waals surface area (Å²) in [7, 11) is -0.993. The number of hydrogen-bond donors (Lipinski definition) is 0. The highest BCUT2D eigenvalue weighted by Gasteiger charge is 2.29. The van der Waals surface area contributed by atoms with Crippen LogP contribution in [0.5, 0.6) is 5.75 Å². The van der Waals surface area contributed by atoms with E-state index >= 15 is 0 Å². The van der Waals surface area contributed by atoms with Crippen LogP contribution in [0.1, 0.15) is 27.2 Å². The van der Waals surface area contributed by atoms with Crippen molar-refractivity contribution in [3.63, 3.8) is 0 Å². The van der Waals surface area contributed by atoms with E-state index < -0.39 is 14.9 Å². The Balaban J connectivity index is 3.25. The molecule has 1 aromatic rings. The maximum atomic E-state index is 12.7. The molecule has 22 heavy (non-hydrogen) atoms. The third-order valence-corrected chi connectivity index (χ3v) is 5.46. The van der Waals surface area contributed by atoms with Crippen LogP contribution in [0, 0.1) is 16.0 Å². The predicted octanol–water partition coefficient (Wildman–Crippen LogP) is 2.66. The number of methoxy groups -OCH3 is 1. The molecule has 0 saturated carbocycles. The molecule has 0 fully saturated rings. The molecule has 0 spiro atoms. The number of nitro benzene ring substituents is 1. The van der Waals surface area contributed by atoms with Gasteiger partial charge in [-0.15, -0.1) is 0 Å². The van der Waals surface area contributed by atoms with Crippen molar-refractivity contribution >= 4 is 15.7 Å². The Bertz CT molecular complexity index is 643. The second kappa shape index (κ2) is 7.06. The van der Waals surface area contributed by atoms with Crippen LogP contribution < -0.4 is 4.74 Å². The quantitative estimate of drug-likeness (QED) is 0.566. The molecule has 0 radical (unpaired) electrons. The molecule has 0 aliphatic rings. The minimum atomic E-state index is -3.78. The first-order chi connectivity index (χ1) is 10.1. The maximum absolute atomic E-state index is 12.7. The molecule has 0 bridgehead atoms. The van der Waals surface area contributed by atoms with Crippen molar-refractivity contribution < 1.29 is 18.1 Å². The molecule has 0 aromatic heterocycles. The van der Waals surface area contributed by atoms with E-state index in [-0.39, 0.29) is 22.4 Å². The average molecular weight is 330 g/mol. The average Bonchev–Trinajstić information content (AvgIpc) is 2.44. The Labute approximate surface area is 131 Å². The highest BCUT2D eigenvalue weighted by molar-refractivity contribution is 7.89. The van der Waals surface area contributed by atoms with Crippen LogP contribution in [0.3, 0.4) is 0 Å². The summed E-state index contributed by atoms with van der Waals surface area (Å²) in [6, 6.07) is 3.31. The normalized spacial score (nSPS) is 13.4. The summed E-state index contributed by atoms with van der Waals surface area (Å²) in [6.45, 7) is 5.86. The van der Waals surface area contributed by atoms with Crippen LogP contribution in [-0.2, 0) is 10.0 Å². The minimum absolute atomic E-state index is 0.0298. The molecular weight excluding hydrogens is 308 g/mol. The zero-order valence-corrected chi connectivity index (χ0v) is 14.3. The fourth-order valence-electron chi connectivity index (χ4n) is 2.21. The van der Waals surface area contributed by atoms with Gasteiger partial charge in [0.15, 0.2) is 0 Å². The van der Waals surface area contributed by atoms with Crippen LogP contribution >= 0.6 is 0 Å². The number of hydrogen-bond acceptors (Lipinski definition) is 5. The second-order valence-corrected chi connectivity index (χ2v) is 7.56. The SMILES string of the molecule is COc1cc([N+](=O)[O-])ccc1S(=O)(=O)N(C)C(C)CC(C)C. The van der Waals surface area contributed by atoms with Gasteiger partial charge in [-0.2, -0.15) is 4.31 Å². The fourth-order valence-corrected chi connectivity index (χ4v) is 3.71. The number of rotatable bonds is 7. The molecule has 0 heterocycles. The molecule has 124 valence electrons. The molecule has 0 amide bonds. The third-order valence-electron chi connectivity index (χ3n) is 3.45. The number of sulfonamides is 1. The van der Waals surface area contributed by atoms with Crippen LogP contribution in [0.4, 0.5) is 5.69 Å². The lowest BCUT2D eigenvalue weighted by molar-refractivity contribution is -0.385. The van der Waals surface area contributed by atoms with Crippen molar-refractivity contribution in [1.29, 1.82) is 0 Å². The van der Waals surface area contributed by atoms with Gasteiger partial charge in [-0.3, -0.25) is 10.1 Å². The summed E-state index contributed by atoms with van der Waals surface area (Å²) in [6.07, 6.45) is 0.713. The van der Waals surface area contributed by atoms with Gasteiger partial charge in [0.2, 0.25) is 10.0 Å². The van der Waals surface area contributed by atoms with Crippen LogP contribution in [0.25, 0.3) is 0 Å². The minimum Gasteiger partial charge on any atom is -0.495 e. The monoisotopic (exact) mass is 330 g/mol. The Morgan fingerprint density at radius 2 is 1.91 bits per heavy atom. The molecule has 7 nitrogen and oxygen atoms in total. The molecule has 0 aliphatic heterocycles. The zero-order chi connectivity index (χ0) is 17.1. The largest absolute Gasteiger partial charge is 0.495 e. The first-order valence-electron chi connectivity index (χ1n) is 6.91. The summed E-state index contributed by atoms with van der Waals surface area (Å²) in [5.74, 6) is 0.323. The molecule has 1 unspecified atom stereocenters. The lowest BCUT2D eigenvalue weighted by Crippen LogP contribution is -2.36.